The van der Waals surface area contributed by atoms with E-state index in [-0.39, 0.29) is 5.41 Å². The molecule has 2 heteroatoms. The summed E-state index contributed by atoms with van der Waals surface area (Å²) in [5, 5.41) is 0. The van der Waals surface area contributed by atoms with E-state index in [0.29, 0.717) is 0 Å². The van der Waals surface area contributed by atoms with Gasteiger partial charge in [-0.1, -0.05) is 26.8 Å². The largest absolute Gasteiger partial charge is 0.249 e. The van der Waals surface area contributed by atoms with E-state index in [1.165, 1.54) is 0 Å². The smallest absolute Gasteiger partial charge is 0.127 e. The average molecular weight is 166 g/mol. The Labute approximate surface area is 75.1 Å². The van der Waals surface area contributed by atoms with Crippen LogP contribution in [0.4, 0.5) is 0 Å². The fourth-order valence-corrected chi connectivity index (χ4v) is 0.777. The first kappa shape index (κ1) is 11.1. The van der Waals surface area contributed by atoms with Crippen LogP contribution >= 0.6 is 0 Å². The van der Waals surface area contributed by atoms with E-state index in [2.05, 4.69) is 37.5 Å². The third-order valence-electron chi connectivity index (χ3n) is 1.24. The molecule has 0 saturated heterocycles. The first-order valence-corrected chi connectivity index (χ1v) is 4.14. The molecule has 0 spiro atoms. The SMILES string of the molecule is C=NC(CC(C)(C)C)=N/C=C\C. The summed E-state index contributed by atoms with van der Waals surface area (Å²) < 4.78 is 0. The van der Waals surface area contributed by atoms with Crippen molar-refractivity contribution in [3.63, 3.8) is 0 Å². The molecule has 0 radical (unpaired) electrons. The molecular weight excluding hydrogens is 148 g/mol. The lowest BCUT2D eigenvalue weighted by atomic mass is 9.92. The van der Waals surface area contributed by atoms with Gasteiger partial charge in [0.1, 0.15) is 5.84 Å². The van der Waals surface area contributed by atoms with Crippen molar-refractivity contribution in [1.29, 1.82) is 0 Å². The number of hydrogen-bond donors (Lipinski definition) is 0. The molecule has 0 amide bonds. The van der Waals surface area contributed by atoms with Gasteiger partial charge in [-0.25, -0.2) is 9.98 Å². The van der Waals surface area contributed by atoms with Crippen molar-refractivity contribution in [3.05, 3.63) is 12.3 Å². The monoisotopic (exact) mass is 166 g/mol. The Hall–Kier alpha value is -0.920. The fraction of sp³-hybridized carbons (Fsp3) is 0.600. The van der Waals surface area contributed by atoms with E-state index < -0.39 is 0 Å². The molecule has 0 aliphatic heterocycles. The molecule has 2 nitrogen and oxygen atoms in total. The van der Waals surface area contributed by atoms with Crippen LogP contribution in [0.1, 0.15) is 34.1 Å². The zero-order valence-electron chi connectivity index (χ0n) is 8.46. The van der Waals surface area contributed by atoms with Crippen molar-refractivity contribution in [2.24, 2.45) is 15.4 Å². The second-order valence-electron chi connectivity index (χ2n) is 3.92. The summed E-state index contributed by atoms with van der Waals surface area (Å²) in [6.45, 7) is 11.9. The van der Waals surface area contributed by atoms with Crippen molar-refractivity contribution in [3.8, 4) is 0 Å². The molecule has 0 fully saturated rings. The van der Waals surface area contributed by atoms with E-state index in [0.717, 1.165) is 12.3 Å². The number of aliphatic imine (C=N–C) groups is 2. The first-order valence-electron chi connectivity index (χ1n) is 4.14. The lowest BCUT2D eigenvalue weighted by Gasteiger charge is -2.16. The molecule has 0 unspecified atom stereocenters. The Bertz CT molecular complexity index is 194. The van der Waals surface area contributed by atoms with Gasteiger partial charge in [-0.05, 0) is 19.1 Å². The minimum absolute atomic E-state index is 0.224. The van der Waals surface area contributed by atoms with Crippen LogP contribution in [-0.2, 0) is 0 Å². The van der Waals surface area contributed by atoms with Crippen LogP contribution in [0.15, 0.2) is 22.3 Å². The molecule has 12 heavy (non-hydrogen) atoms. The number of rotatable bonds is 2. The summed E-state index contributed by atoms with van der Waals surface area (Å²) >= 11 is 0. The van der Waals surface area contributed by atoms with E-state index in [4.69, 9.17) is 0 Å². The van der Waals surface area contributed by atoms with Crippen LogP contribution < -0.4 is 0 Å². The van der Waals surface area contributed by atoms with Crippen LogP contribution in [0.25, 0.3) is 0 Å². The average Bonchev–Trinajstić information content (AvgIpc) is 1.95. The van der Waals surface area contributed by atoms with Gasteiger partial charge >= 0.3 is 0 Å². The van der Waals surface area contributed by atoms with Gasteiger partial charge in [-0.2, -0.15) is 0 Å². The molecule has 0 saturated carbocycles. The minimum Gasteiger partial charge on any atom is -0.249 e. The van der Waals surface area contributed by atoms with E-state index in [1.807, 2.05) is 13.0 Å². The van der Waals surface area contributed by atoms with E-state index in [9.17, 15) is 0 Å². The molecule has 0 aliphatic carbocycles. The molecule has 0 rings (SSSR count). The highest BCUT2D eigenvalue weighted by Gasteiger charge is 2.12. The molecule has 0 heterocycles. The van der Waals surface area contributed by atoms with Crippen molar-refractivity contribution >= 4 is 12.6 Å². The van der Waals surface area contributed by atoms with Crippen molar-refractivity contribution in [2.75, 3.05) is 0 Å². The minimum atomic E-state index is 0.224. The maximum atomic E-state index is 4.15. The zero-order valence-corrected chi connectivity index (χ0v) is 8.46. The molecule has 0 atom stereocenters. The van der Waals surface area contributed by atoms with Crippen LogP contribution in [0.5, 0.6) is 0 Å². The van der Waals surface area contributed by atoms with Gasteiger partial charge < -0.3 is 0 Å². The maximum Gasteiger partial charge on any atom is 0.127 e. The van der Waals surface area contributed by atoms with Crippen LogP contribution in [-0.4, -0.2) is 12.6 Å². The maximum absolute atomic E-state index is 4.15. The molecule has 0 aliphatic rings. The predicted octanol–water partition coefficient (Wildman–Crippen LogP) is 3.06. The van der Waals surface area contributed by atoms with Crippen molar-refractivity contribution in [2.45, 2.75) is 34.1 Å². The van der Waals surface area contributed by atoms with Gasteiger partial charge in [0.2, 0.25) is 0 Å². The van der Waals surface area contributed by atoms with Gasteiger partial charge in [-0.15, -0.1) is 0 Å². The number of nitrogens with zero attached hydrogens (tertiary/aromatic N) is 2. The second-order valence-corrected chi connectivity index (χ2v) is 3.92. The predicted molar refractivity (Wildman–Crippen MR) is 55.9 cm³/mol. The summed E-state index contributed by atoms with van der Waals surface area (Å²) in [6.07, 6.45) is 4.49. The quantitative estimate of drug-likeness (QED) is 0.445. The van der Waals surface area contributed by atoms with E-state index in [1.54, 1.807) is 6.20 Å². The summed E-state index contributed by atoms with van der Waals surface area (Å²) in [4.78, 5) is 8.01. The topological polar surface area (TPSA) is 24.7 Å². The third-order valence-corrected chi connectivity index (χ3v) is 1.24. The van der Waals surface area contributed by atoms with Crippen LogP contribution in [0, 0.1) is 5.41 Å². The zero-order chi connectivity index (χ0) is 9.61. The molecule has 0 bridgehead atoms. The fourth-order valence-electron chi connectivity index (χ4n) is 0.777. The van der Waals surface area contributed by atoms with Crippen molar-refractivity contribution in [1.82, 2.24) is 0 Å². The Morgan fingerprint density at radius 1 is 1.42 bits per heavy atom. The molecule has 68 valence electrons. The molecule has 0 aromatic heterocycles. The Morgan fingerprint density at radius 3 is 2.33 bits per heavy atom. The highest BCUT2D eigenvalue weighted by molar-refractivity contribution is 5.87. The second kappa shape index (κ2) is 4.86. The Balaban J connectivity index is 4.28. The highest BCUT2D eigenvalue weighted by Crippen LogP contribution is 2.19. The Kier molecular flexibility index (Phi) is 4.49. The highest BCUT2D eigenvalue weighted by atomic mass is 14.9. The van der Waals surface area contributed by atoms with Crippen LogP contribution in [0.3, 0.4) is 0 Å². The summed E-state index contributed by atoms with van der Waals surface area (Å²) in [5.74, 6) is 0.806. The van der Waals surface area contributed by atoms with E-state index >= 15 is 0 Å². The molecule has 0 aromatic rings. The lowest BCUT2D eigenvalue weighted by Crippen LogP contribution is -2.10. The lowest BCUT2D eigenvalue weighted by molar-refractivity contribution is 0.433. The first-order chi connectivity index (χ1) is 5.49. The molecule has 0 aromatic carbocycles. The van der Waals surface area contributed by atoms with Gasteiger partial charge in [0, 0.05) is 12.6 Å². The van der Waals surface area contributed by atoms with Gasteiger partial charge in [0.05, 0.1) is 0 Å². The third kappa shape index (κ3) is 5.83. The van der Waals surface area contributed by atoms with Crippen molar-refractivity contribution < 1.29 is 0 Å². The number of amidine groups is 1. The summed E-state index contributed by atoms with van der Waals surface area (Å²) in [6, 6.07) is 0. The number of hydrogen-bond acceptors (Lipinski definition) is 1. The summed E-state index contributed by atoms with van der Waals surface area (Å²) in [5.41, 5.74) is 0.224. The Morgan fingerprint density at radius 2 is 2.00 bits per heavy atom. The number of allylic oxidation sites excluding steroid dienone is 1. The van der Waals surface area contributed by atoms with Gasteiger partial charge in [0.25, 0.3) is 0 Å². The van der Waals surface area contributed by atoms with Gasteiger partial charge in [0.15, 0.2) is 0 Å². The molecule has 0 N–H and O–H groups in total. The molecular formula is C10H18N2. The normalized spacial score (nSPS) is 13.8. The van der Waals surface area contributed by atoms with Crippen LogP contribution in [0.2, 0.25) is 0 Å². The van der Waals surface area contributed by atoms with Gasteiger partial charge in [-0.3, -0.25) is 0 Å². The standard InChI is InChI=1S/C10H18N2/c1-6-7-12-9(11-5)8-10(2,3)4/h6-7H,5,8H2,1-4H3/b7-6-,12-9?. The summed E-state index contributed by atoms with van der Waals surface area (Å²) in [7, 11) is 0.